The molecule has 0 radical (unpaired) electrons. The van der Waals surface area contributed by atoms with E-state index in [1.807, 2.05) is 61.5 Å². The Balaban J connectivity index is 1.22. The van der Waals surface area contributed by atoms with Crippen molar-refractivity contribution in [1.29, 1.82) is 0 Å². The molecule has 8 aromatic rings. The highest BCUT2D eigenvalue weighted by Gasteiger charge is 2.18. The number of nitrogens with zero attached hydrogens (tertiary/aromatic N) is 6. The number of rotatable bonds is 4. The molecule has 0 saturated heterocycles. The maximum absolute atomic E-state index is 5.19. The summed E-state index contributed by atoms with van der Waals surface area (Å²) in [6, 6.07) is 29.1. The van der Waals surface area contributed by atoms with Gasteiger partial charge in [0.15, 0.2) is 0 Å². The van der Waals surface area contributed by atoms with Crippen molar-refractivity contribution in [2.24, 2.45) is 0 Å². The van der Waals surface area contributed by atoms with Gasteiger partial charge < -0.3 is 5.32 Å². The predicted octanol–water partition coefficient (Wildman–Crippen LogP) is 8.11. The fourth-order valence-electron chi connectivity index (χ4n) is 6.40. The fraction of sp³-hybridized carbons (Fsp3) is 0.0263. The van der Waals surface area contributed by atoms with Gasteiger partial charge >= 0.3 is 0 Å². The average molecular weight is 580 g/mol. The van der Waals surface area contributed by atoms with Crippen LogP contribution >= 0.6 is 0 Å². The van der Waals surface area contributed by atoms with Crippen LogP contribution in [-0.4, -0.2) is 29.5 Å². The first-order valence-corrected chi connectivity index (χ1v) is 14.9. The summed E-state index contributed by atoms with van der Waals surface area (Å²) in [6.45, 7) is 0. The molecule has 212 valence electrons. The van der Waals surface area contributed by atoms with E-state index in [9.17, 15) is 0 Å². The summed E-state index contributed by atoms with van der Waals surface area (Å²) in [5, 5.41) is 7.90. The highest BCUT2D eigenvalue weighted by molar-refractivity contribution is 6.11. The van der Waals surface area contributed by atoms with Crippen LogP contribution in [0.3, 0.4) is 0 Å². The van der Waals surface area contributed by atoms with E-state index >= 15 is 0 Å². The molecule has 7 heteroatoms. The lowest BCUT2D eigenvalue weighted by atomic mass is 9.97. The lowest BCUT2D eigenvalue weighted by molar-refractivity contribution is 0.722. The van der Waals surface area contributed by atoms with Gasteiger partial charge in [-0.3, -0.25) is 24.5 Å². The Labute approximate surface area is 258 Å². The minimum atomic E-state index is -0.0659. The Morgan fingerprint density at radius 3 is 2.40 bits per heavy atom. The van der Waals surface area contributed by atoms with E-state index in [1.165, 1.54) is 5.39 Å². The van der Waals surface area contributed by atoms with Gasteiger partial charge in [0, 0.05) is 57.5 Å². The molecule has 0 aliphatic carbocycles. The molecule has 7 nitrogen and oxygen atoms in total. The first kappa shape index (κ1) is 25.3. The van der Waals surface area contributed by atoms with E-state index in [-0.39, 0.29) is 6.04 Å². The number of fused-ring (bicyclic) bond motifs is 6. The van der Waals surface area contributed by atoms with E-state index in [1.54, 1.807) is 0 Å². The van der Waals surface area contributed by atoms with Gasteiger partial charge in [-0.2, -0.15) is 0 Å². The summed E-state index contributed by atoms with van der Waals surface area (Å²) in [5.41, 5.74) is 8.63. The van der Waals surface area contributed by atoms with Gasteiger partial charge in [-0.25, -0.2) is 4.98 Å². The van der Waals surface area contributed by atoms with Crippen LogP contribution in [0.1, 0.15) is 11.7 Å². The summed E-state index contributed by atoms with van der Waals surface area (Å²) in [5.74, 6) is 0.838. The number of para-hydroxylation sites is 1. The second-order valence-corrected chi connectivity index (χ2v) is 11.1. The molecule has 0 saturated carbocycles. The molecule has 1 N–H and O–H groups in total. The number of dihydropyridines is 1. The van der Waals surface area contributed by atoms with E-state index < -0.39 is 0 Å². The van der Waals surface area contributed by atoms with Gasteiger partial charge in [0.25, 0.3) is 0 Å². The van der Waals surface area contributed by atoms with Crippen LogP contribution in [-0.2, 0) is 0 Å². The Morgan fingerprint density at radius 2 is 1.51 bits per heavy atom. The van der Waals surface area contributed by atoms with Crippen LogP contribution in [0.5, 0.6) is 0 Å². The second-order valence-electron chi connectivity index (χ2n) is 11.1. The Bertz CT molecular complexity index is 2420. The van der Waals surface area contributed by atoms with Crippen molar-refractivity contribution in [3.05, 3.63) is 146 Å². The third-order valence-electron chi connectivity index (χ3n) is 8.49. The van der Waals surface area contributed by atoms with E-state index in [4.69, 9.17) is 15.0 Å². The van der Waals surface area contributed by atoms with E-state index in [0.29, 0.717) is 0 Å². The van der Waals surface area contributed by atoms with Gasteiger partial charge in [0.2, 0.25) is 0 Å². The van der Waals surface area contributed by atoms with Gasteiger partial charge in [-0.05, 0) is 72.4 Å². The minimum Gasteiger partial charge on any atom is -0.379 e. The number of nitrogens with one attached hydrogen (secondary N) is 1. The van der Waals surface area contributed by atoms with Crippen LogP contribution in [0.4, 0.5) is 0 Å². The summed E-state index contributed by atoms with van der Waals surface area (Å²) in [7, 11) is 0. The lowest BCUT2D eigenvalue weighted by Gasteiger charge is -2.18. The summed E-state index contributed by atoms with van der Waals surface area (Å²) in [6.07, 6.45) is 17.4. The highest BCUT2D eigenvalue weighted by Crippen LogP contribution is 2.36. The first-order valence-electron chi connectivity index (χ1n) is 14.9. The molecule has 0 bridgehead atoms. The van der Waals surface area contributed by atoms with Crippen molar-refractivity contribution < 1.29 is 0 Å². The van der Waals surface area contributed by atoms with E-state index in [2.05, 4.69) is 98.7 Å². The topological polar surface area (TPSA) is 81.4 Å². The molecule has 0 amide bonds. The average Bonchev–Trinajstić information content (AvgIpc) is 3.46. The van der Waals surface area contributed by atoms with Crippen LogP contribution in [0.15, 0.2) is 140 Å². The zero-order chi connectivity index (χ0) is 29.7. The molecular weight excluding hydrogens is 554 g/mol. The molecule has 1 atom stereocenters. The SMILES string of the molecule is C1=CNC(c2cc(-c3ccc(-n4c5ccccc5c5ccncc54)nc3)cc(-c3cc4ncccc4c4cccnc34)n2)C=C1. The molecular formula is C38H25N7. The molecule has 1 aliphatic rings. The Hall–Kier alpha value is -6.21. The second kappa shape index (κ2) is 10.2. The zero-order valence-electron chi connectivity index (χ0n) is 24.0. The Morgan fingerprint density at radius 1 is 0.644 bits per heavy atom. The standard InChI is InChI=1S/C38H25N7/c1-2-11-35-27(7-1)28-14-18-39-23-36(28)45(35)37-13-12-24(22-43-37)25-19-33(44-34(20-25)31-10-3-4-15-40-31)30-21-32-26(8-5-16-41-32)29-9-6-17-42-38(29)30/h1-23,31,40H. The summed E-state index contributed by atoms with van der Waals surface area (Å²) >= 11 is 0. The third kappa shape index (κ3) is 4.17. The lowest BCUT2D eigenvalue weighted by Crippen LogP contribution is -2.16. The van der Waals surface area contributed by atoms with Crippen LogP contribution in [0, 0.1) is 0 Å². The predicted molar refractivity (Wildman–Crippen MR) is 180 cm³/mol. The van der Waals surface area contributed by atoms with Gasteiger partial charge in [0.1, 0.15) is 5.82 Å². The zero-order valence-corrected chi connectivity index (χ0v) is 24.0. The molecule has 6 aromatic heterocycles. The van der Waals surface area contributed by atoms with Gasteiger partial charge in [0.05, 0.1) is 45.7 Å². The summed E-state index contributed by atoms with van der Waals surface area (Å²) in [4.78, 5) is 24.1. The van der Waals surface area contributed by atoms with Crippen molar-refractivity contribution in [1.82, 2.24) is 34.8 Å². The molecule has 0 fully saturated rings. The molecule has 9 rings (SSSR count). The van der Waals surface area contributed by atoms with E-state index in [0.717, 1.165) is 72.1 Å². The molecule has 7 heterocycles. The van der Waals surface area contributed by atoms with Crippen molar-refractivity contribution in [3.8, 4) is 28.2 Å². The van der Waals surface area contributed by atoms with Crippen molar-refractivity contribution in [3.63, 3.8) is 0 Å². The molecule has 2 aromatic carbocycles. The van der Waals surface area contributed by atoms with Crippen molar-refractivity contribution >= 4 is 43.6 Å². The van der Waals surface area contributed by atoms with Crippen LogP contribution in [0.25, 0.3) is 71.8 Å². The maximum atomic E-state index is 5.19. The number of hydrogen-bond donors (Lipinski definition) is 1. The number of allylic oxidation sites excluding steroid dienone is 2. The minimum absolute atomic E-state index is 0.0659. The number of benzene rings is 2. The number of hydrogen-bond acceptors (Lipinski definition) is 6. The molecule has 0 spiro atoms. The third-order valence-corrected chi connectivity index (χ3v) is 8.49. The normalized spacial score (nSPS) is 14.4. The molecule has 1 unspecified atom stereocenters. The number of aromatic nitrogens is 6. The first-order chi connectivity index (χ1) is 22.3. The monoisotopic (exact) mass is 579 g/mol. The fourth-order valence-corrected chi connectivity index (χ4v) is 6.40. The van der Waals surface area contributed by atoms with Gasteiger partial charge in [-0.1, -0.05) is 42.5 Å². The van der Waals surface area contributed by atoms with Crippen LogP contribution in [0.2, 0.25) is 0 Å². The van der Waals surface area contributed by atoms with Crippen molar-refractivity contribution in [2.45, 2.75) is 6.04 Å². The van der Waals surface area contributed by atoms with Crippen molar-refractivity contribution in [2.75, 3.05) is 0 Å². The van der Waals surface area contributed by atoms with Gasteiger partial charge in [-0.15, -0.1) is 0 Å². The largest absolute Gasteiger partial charge is 0.379 e. The summed E-state index contributed by atoms with van der Waals surface area (Å²) < 4.78 is 2.17. The number of pyridine rings is 5. The molecule has 1 aliphatic heterocycles. The Kier molecular flexibility index (Phi) is 5.74. The smallest absolute Gasteiger partial charge is 0.137 e. The quantitative estimate of drug-likeness (QED) is 0.212. The molecule has 45 heavy (non-hydrogen) atoms. The van der Waals surface area contributed by atoms with Crippen LogP contribution < -0.4 is 5.32 Å². The highest BCUT2D eigenvalue weighted by atomic mass is 15.1. The maximum Gasteiger partial charge on any atom is 0.137 e.